The minimum absolute atomic E-state index is 0.144. The first-order valence-electron chi connectivity index (χ1n) is 9.42. The molecule has 3 rings (SSSR count). The van der Waals surface area contributed by atoms with Crippen LogP contribution in [0.2, 0.25) is 0 Å². The number of aryl methyl sites for hydroxylation is 1. The second-order valence-corrected chi connectivity index (χ2v) is 7.28. The number of nitrogens with two attached hydrogens (primary N) is 1. The predicted octanol–water partition coefficient (Wildman–Crippen LogP) is 2.75. The van der Waals surface area contributed by atoms with Crippen LogP contribution < -0.4 is 5.73 Å². The van der Waals surface area contributed by atoms with E-state index in [4.69, 9.17) is 10.5 Å². The monoisotopic (exact) mass is 330 g/mol. The molecule has 1 aliphatic carbocycles. The van der Waals surface area contributed by atoms with E-state index in [1.807, 2.05) is 11.0 Å². The van der Waals surface area contributed by atoms with E-state index in [0.29, 0.717) is 5.91 Å². The number of hydrogen-bond donors (Lipinski definition) is 1. The van der Waals surface area contributed by atoms with Crippen molar-refractivity contribution in [1.82, 2.24) is 4.90 Å². The van der Waals surface area contributed by atoms with Crippen LogP contribution in [0.4, 0.5) is 0 Å². The van der Waals surface area contributed by atoms with Crippen molar-refractivity contribution >= 4 is 5.91 Å². The van der Waals surface area contributed by atoms with Crippen LogP contribution in [0.15, 0.2) is 30.3 Å². The zero-order chi connectivity index (χ0) is 16.8. The molecule has 0 bridgehead atoms. The molecule has 1 amide bonds. The van der Waals surface area contributed by atoms with Gasteiger partial charge in [-0.15, -0.1) is 0 Å². The number of amides is 1. The number of carbonyl (C=O) groups is 1. The maximum Gasteiger partial charge on any atom is 0.225 e. The highest BCUT2D eigenvalue weighted by atomic mass is 16.5. The van der Waals surface area contributed by atoms with E-state index in [0.717, 1.165) is 64.6 Å². The summed E-state index contributed by atoms with van der Waals surface area (Å²) in [6.07, 6.45) is 7.28. The molecule has 1 aromatic rings. The van der Waals surface area contributed by atoms with Crippen molar-refractivity contribution in [3.8, 4) is 0 Å². The van der Waals surface area contributed by atoms with Crippen LogP contribution in [0.5, 0.6) is 0 Å². The molecule has 4 heteroatoms. The smallest absolute Gasteiger partial charge is 0.225 e. The van der Waals surface area contributed by atoms with Gasteiger partial charge >= 0.3 is 0 Å². The summed E-state index contributed by atoms with van der Waals surface area (Å²) in [4.78, 5) is 14.6. The fraction of sp³-hybridized carbons (Fsp3) is 0.650. The Bertz CT molecular complexity index is 520. The summed E-state index contributed by atoms with van der Waals surface area (Å²) in [5, 5.41) is 0. The lowest BCUT2D eigenvalue weighted by atomic mass is 9.85. The van der Waals surface area contributed by atoms with Crippen molar-refractivity contribution in [2.45, 2.75) is 57.1 Å². The Morgan fingerprint density at radius 1 is 1.21 bits per heavy atom. The topological polar surface area (TPSA) is 55.6 Å². The molecule has 1 saturated carbocycles. The van der Waals surface area contributed by atoms with Crippen molar-refractivity contribution in [3.05, 3.63) is 35.9 Å². The fourth-order valence-electron chi connectivity index (χ4n) is 3.95. The SMILES string of the molecule is NC1CCCC(C(=O)N2CCC(OCCCc3ccccc3)C2)C1. The predicted molar refractivity (Wildman–Crippen MR) is 95.6 cm³/mol. The van der Waals surface area contributed by atoms with Gasteiger partial charge in [-0.05, 0) is 44.1 Å². The van der Waals surface area contributed by atoms with Crippen molar-refractivity contribution in [2.75, 3.05) is 19.7 Å². The lowest BCUT2D eigenvalue weighted by Gasteiger charge is -2.29. The molecule has 3 unspecified atom stereocenters. The molecule has 132 valence electrons. The quantitative estimate of drug-likeness (QED) is 0.816. The fourth-order valence-corrected chi connectivity index (χ4v) is 3.95. The summed E-state index contributed by atoms with van der Waals surface area (Å²) >= 11 is 0. The number of hydrogen-bond acceptors (Lipinski definition) is 3. The van der Waals surface area contributed by atoms with Crippen molar-refractivity contribution in [3.63, 3.8) is 0 Å². The van der Waals surface area contributed by atoms with Crippen LogP contribution in [0, 0.1) is 5.92 Å². The Morgan fingerprint density at radius 2 is 2.04 bits per heavy atom. The Kier molecular flexibility index (Phi) is 6.27. The molecule has 4 nitrogen and oxygen atoms in total. The second-order valence-electron chi connectivity index (χ2n) is 7.28. The summed E-state index contributed by atoms with van der Waals surface area (Å²) in [6, 6.07) is 10.7. The summed E-state index contributed by atoms with van der Waals surface area (Å²) in [5.41, 5.74) is 7.38. The minimum atomic E-state index is 0.144. The van der Waals surface area contributed by atoms with Gasteiger partial charge in [0.1, 0.15) is 0 Å². The zero-order valence-corrected chi connectivity index (χ0v) is 14.5. The number of carbonyl (C=O) groups excluding carboxylic acids is 1. The van der Waals surface area contributed by atoms with Crippen LogP contribution in [0.1, 0.15) is 44.1 Å². The molecule has 3 atom stereocenters. The van der Waals surface area contributed by atoms with Crippen molar-refractivity contribution in [1.29, 1.82) is 0 Å². The molecular weight excluding hydrogens is 300 g/mol. The maximum absolute atomic E-state index is 12.6. The molecule has 2 aliphatic rings. The molecule has 1 aliphatic heterocycles. The van der Waals surface area contributed by atoms with E-state index in [9.17, 15) is 4.79 Å². The van der Waals surface area contributed by atoms with E-state index in [1.165, 1.54) is 5.56 Å². The summed E-state index contributed by atoms with van der Waals surface area (Å²) in [6.45, 7) is 2.37. The summed E-state index contributed by atoms with van der Waals surface area (Å²) in [5.74, 6) is 0.450. The van der Waals surface area contributed by atoms with Gasteiger partial charge in [0.15, 0.2) is 0 Å². The number of ether oxygens (including phenoxy) is 1. The maximum atomic E-state index is 12.6. The van der Waals surface area contributed by atoms with Gasteiger partial charge < -0.3 is 15.4 Å². The molecule has 1 aromatic carbocycles. The first kappa shape index (κ1) is 17.4. The van der Waals surface area contributed by atoms with Crippen LogP contribution in [-0.2, 0) is 16.0 Å². The van der Waals surface area contributed by atoms with E-state index in [1.54, 1.807) is 0 Å². The lowest BCUT2D eigenvalue weighted by Crippen LogP contribution is -2.40. The van der Waals surface area contributed by atoms with Crippen molar-refractivity contribution in [2.24, 2.45) is 11.7 Å². The molecule has 1 heterocycles. The minimum Gasteiger partial charge on any atom is -0.376 e. The molecule has 0 aromatic heterocycles. The van der Waals surface area contributed by atoms with Gasteiger partial charge in [0.25, 0.3) is 0 Å². The Hall–Kier alpha value is -1.39. The average molecular weight is 330 g/mol. The number of likely N-dealkylation sites (tertiary alicyclic amines) is 1. The third-order valence-electron chi connectivity index (χ3n) is 5.33. The Morgan fingerprint density at radius 3 is 2.83 bits per heavy atom. The first-order valence-corrected chi connectivity index (χ1v) is 9.42. The van der Waals surface area contributed by atoms with Gasteiger partial charge in [0.2, 0.25) is 5.91 Å². The van der Waals surface area contributed by atoms with Crippen LogP contribution in [0.3, 0.4) is 0 Å². The molecule has 2 N–H and O–H groups in total. The molecule has 2 fully saturated rings. The number of benzene rings is 1. The average Bonchev–Trinajstić information content (AvgIpc) is 3.08. The van der Waals surface area contributed by atoms with Gasteiger partial charge in [0.05, 0.1) is 6.10 Å². The normalized spacial score (nSPS) is 27.4. The van der Waals surface area contributed by atoms with Gasteiger partial charge in [0, 0.05) is 31.7 Å². The van der Waals surface area contributed by atoms with Crippen molar-refractivity contribution < 1.29 is 9.53 Å². The highest BCUT2D eigenvalue weighted by Crippen LogP contribution is 2.26. The first-order chi connectivity index (χ1) is 11.7. The Balaban J connectivity index is 1.35. The van der Waals surface area contributed by atoms with E-state index in [2.05, 4.69) is 24.3 Å². The molecule has 0 radical (unpaired) electrons. The van der Waals surface area contributed by atoms with Crippen LogP contribution in [-0.4, -0.2) is 42.6 Å². The van der Waals surface area contributed by atoms with Gasteiger partial charge in [-0.25, -0.2) is 0 Å². The van der Waals surface area contributed by atoms with E-state index in [-0.39, 0.29) is 18.1 Å². The van der Waals surface area contributed by atoms with Gasteiger partial charge in [-0.2, -0.15) is 0 Å². The standard InChI is InChI=1S/C20H30N2O2/c21-18-10-4-9-17(14-18)20(23)22-12-11-19(15-22)24-13-5-8-16-6-2-1-3-7-16/h1-3,6-7,17-19H,4-5,8-15,21H2. The van der Waals surface area contributed by atoms with Gasteiger partial charge in [-0.3, -0.25) is 4.79 Å². The molecule has 1 saturated heterocycles. The molecule has 0 spiro atoms. The zero-order valence-electron chi connectivity index (χ0n) is 14.5. The van der Waals surface area contributed by atoms with Crippen LogP contribution >= 0.6 is 0 Å². The summed E-state index contributed by atoms with van der Waals surface area (Å²) in [7, 11) is 0. The van der Waals surface area contributed by atoms with E-state index >= 15 is 0 Å². The largest absolute Gasteiger partial charge is 0.376 e. The highest BCUT2D eigenvalue weighted by Gasteiger charge is 2.33. The number of nitrogens with zero attached hydrogens (tertiary/aromatic N) is 1. The third-order valence-corrected chi connectivity index (χ3v) is 5.33. The van der Waals surface area contributed by atoms with E-state index < -0.39 is 0 Å². The molecule has 24 heavy (non-hydrogen) atoms. The summed E-state index contributed by atoms with van der Waals surface area (Å²) < 4.78 is 5.99. The van der Waals surface area contributed by atoms with Crippen LogP contribution in [0.25, 0.3) is 0 Å². The lowest BCUT2D eigenvalue weighted by molar-refractivity contribution is -0.136. The van der Waals surface area contributed by atoms with Gasteiger partial charge in [-0.1, -0.05) is 36.8 Å². The Labute approximate surface area is 145 Å². The highest BCUT2D eigenvalue weighted by molar-refractivity contribution is 5.79. The molecular formula is C20H30N2O2. The number of rotatable bonds is 6. The second kappa shape index (κ2) is 8.63. The third kappa shape index (κ3) is 4.81.